The average Bonchev–Trinajstić information content (AvgIpc) is 3.34. The van der Waals surface area contributed by atoms with Crippen LogP contribution in [0.5, 0.6) is 0 Å². The van der Waals surface area contributed by atoms with E-state index < -0.39 is 6.10 Å². The van der Waals surface area contributed by atoms with Crippen LogP contribution in [0.25, 0.3) is 21.7 Å². The fraction of sp³-hybridized carbons (Fsp3) is 0.276. The summed E-state index contributed by atoms with van der Waals surface area (Å²) in [4.78, 5) is 4.51. The van der Waals surface area contributed by atoms with Crippen molar-refractivity contribution >= 4 is 21.7 Å². The molecular formula is C29H29N2O+. The van der Waals surface area contributed by atoms with E-state index in [0.717, 1.165) is 40.5 Å². The third-order valence-corrected chi connectivity index (χ3v) is 8.10. The van der Waals surface area contributed by atoms with Crippen LogP contribution >= 0.6 is 0 Å². The Labute approximate surface area is 189 Å². The van der Waals surface area contributed by atoms with Gasteiger partial charge < -0.3 is 9.59 Å². The van der Waals surface area contributed by atoms with Crippen LogP contribution in [0, 0.1) is 5.92 Å². The molecule has 1 N–H and O–H groups in total. The number of fused-ring (bicyclic) bond motifs is 4. The molecule has 2 aliphatic rings. The third kappa shape index (κ3) is 2.92. The number of nitrogens with zero attached hydrogens (tertiary/aromatic N) is 2. The molecule has 2 bridgehead atoms. The van der Waals surface area contributed by atoms with Crippen LogP contribution in [-0.4, -0.2) is 33.2 Å². The second kappa shape index (κ2) is 7.54. The Kier molecular flexibility index (Phi) is 4.63. The van der Waals surface area contributed by atoms with Gasteiger partial charge in [-0.25, -0.2) is 0 Å². The summed E-state index contributed by atoms with van der Waals surface area (Å²) in [6.45, 7) is 6.26. The summed E-state index contributed by atoms with van der Waals surface area (Å²) in [7, 11) is 0. The Bertz CT molecular complexity index is 1310. The second-order valence-electron chi connectivity index (χ2n) is 9.61. The number of aromatic nitrogens is 1. The van der Waals surface area contributed by atoms with Gasteiger partial charge in [0, 0.05) is 35.9 Å². The van der Waals surface area contributed by atoms with Crippen molar-refractivity contribution in [3.8, 4) is 0 Å². The number of quaternary nitrogens is 1. The van der Waals surface area contributed by atoms with E-state index in [1.165, 1.54) is 22.8 Å². The maximum atomic E-state index is 11.8. The quantitative estimate of drug-likeness (QED) is 0.327. The molecule has 0 radical (unpaired) electrons. The van der Waals surface area contributed by atoms with Crippen molar-refractivity contribution in [3.63, 3.8) is 0 Å². The number of aliphatic hydroxyl groups excluding tert-OH is 1. The molecule has 0 spiro atoms. The molecule has 3 heteroatoms. The number of benzene rings is 3. The van der Waals surface area contributed by atoms with Gasteiger partial charge in [-0.2, -0.15) is 0 Å². The van der Waals surface area contributed by atoms with E-state index in [-0.39, 0.29) is 6.04 Å². The van der Waals surface area contributed by atoms with Crippen LogP contribution in [0.3, 0.4) is 0 Å². The average molecular weight is 422 g/mol. The van der Waals surface area contributed by atoms with Crippen molar-refractivity contribution in [2.45, 2.75) is 37.6 Å². The van der Waals surface area contributed by atoms with Crippen molar-refractivity contribution in [1.29, 1.82) is 0 Å². The molecule has 6 rings (SSSR count). The van der Waals surface area contributed by atoms with Gasteiger partial charge in [0.05, 0.1) is 12.1 Å². The lowest BCUT2D eigenvalue weighted by Crippen LogP contribution is -2.56. The highest BCUT2D eigenvalue weighted by Crippen LogP contribution is 2.52. The summed E-state index contributed by atoms with van der Waals surface area (Å²) < 4.78 is 0.907. The molecule has 4 aromatic rings. The fourth-order valence-corrected chi connectivity index (χ4v) is 6.68. The van der Waals surface area contributed by atoms with E-state index in [0.29, 0.717) is 12.0 Å². The van der Waals surface area contributed by atoms with E-state index in [1.807, 2.05) is 30.5 Å². The first-order valence-electron chi connectivity index (χ1n) is 11.7. The number of para-hydroxylation sites is 1. The fourth-order valence-electron chi connectivity index (χ4n) is 6.68. The zero-order chi connectivity index (χ0) is 21.7. The summed E-state index contributed by atoms with van der Waals surface area (Å²) in [5, 5.41) is 15.4. The van der Waals surface area contributed by atoms with E-state index in [1.54, 1.807) is 0 Å². The predicted octanol–water partition coefficient (Wildman–Crippen LogP) is 5.79. The highest BCUT2D eigenvalue weighted by molar-refractivity contribution is 5.83. The van der Waals surface area contributed by atoms with Gasteiger partial charge in [0.1, 0.15) is 24.7 Å². The van der Waals surface area contributed by atoms with Crippen LogP contribution in [0.15, 0.2) is 91.6 Å². The van der Waals surface area contributed by atoms with E-state index in [4.69, 9.17) is 0 Å². The SMILES string of the molecule is C=CC1C2CC[N+]1(Cc1ccc3ccccc3c1)C([C@@H](O)c1ccnc3ccccc13)C2. The first-order valence-corrected chi connectivity index (χ1v) is 11.7. The van der Waals surface area contributed by atoms with Gasteiger partial charge in [-0.15, -0.1) is 0 Å². The summed E-state index contributed by atoms with van der Waals surface area (Å²) in [5.41, 5.74) is 3.30. The number of rotatable bonds is 5. The normalized spacial score (nSPS) is 27.7. The van der Waals surface area contributed by atoms with Gasteiger partial charge in [0.2, 0.25) is 0 Å². The Morgan fingerprint density at radius 1 is 1.03 bits per heavy atom. The number of hydrogen-bond donors (Lipinski definition) is 1. The van der Waals surface area contributed by atoms with Crippen molar-refractivity contribution < 1.29 is 9.59 Å². The highest BCUT2D eigenvalue weighted by atomic mass is 16.3. The van der Waals surface area contributed by atoms with Gasteiger partial charge in [0.25, 0.3) is 0 Å². The van der Waals surface area contributed by atoms with E-state index in [9.17, 15) is 5.11 Å². The van der Waals surface area contributed by atoms with Gasteiger partial charge in [-0.3, -0.25) is 4.98 Å². The molecule has 2 aliphatic heterocycles. The molecule has 3 nitrogen and oxygen atoms in total. The maximum Gasteiger partial charge on any atom is 0.131 e. The first kappa shape index (κ1) is 19.7. The molecule has 0 amide bonds. The molecule has 1 aromatic heterocycles. The van der Waals surface area contributed by atoms with Crippen LogP contribution < -0.4 is 0 Å². The van der Waals surface area contributed by atoms with Crippen molar-refractivity contribution in [2.75, 3.05) is 6.54 Å². The van der Waals surface area contributed by atoms with Crippen molar-refractivity contribution in [2.24, 2.45) is 5.92 Å². The second-order valence-corrected chi connectivity index (χ2v) is 9.61. The standard InChI is InChI=1S/C29H29N2O/c1-2-27-23-14-16-31(27,19-20-11-12-21-7-3-4-8-22(21)17-20)28(18-23)29(32)25-13-15-30-26-10-6-5-9-24(25)26/h2-13,15,17,23,27-29,32H,1,14,16,18-19H2/q+1/t23?,27?,28?,29-,31?/m0/s1. The Morgan fingerprint density at radius 3 is 2.72 bits per heavy atom. The molecule has 2 fully saturated rings. The molecule has 3 aromatic carbocycles. The first-order chi connectivity index (χ1) is 15.7. The lowest BCUT2D eigenvalue weighted by atomic mass is 9.90. The summed E-state index contributed by atoms with van der Waals surface area (Å²) >= 11 is 0. The smallest absolute Gasteiger partial charge is 0.131 e. The Balaban J connectivity index is 1.42. The van der Waals surface area contributed by atoms with Crippen molar-refractivity contribution in [3.05, 3.63) is 103 Å². The summed E-state index contributed by atoms with van der Waals surface area (Å²) in [5.74, 6) is 0.598. The Morgan fingerprint density at radius 2 is 1.84 bits per heavy atom. The highest BCUT2D eigenvalue weighted by Gasteiger charge is 2.60. The number of pyridine rings is 1. The molecule has 32 heavy (non-hydrogen) atoms. The van der Waals surface area contributed by atoms with Gasteiger partial charge >= 0.3 is 0 Å². The molecule has 160 valence electrons. The van der Waals surface area contributed by atoms with Crippen LogP contribution in [0.1, 0.15) is 30.1 Å². The molecule has 2 saturated heterocycles. The van der Waals surface area contributed by atoms with E-state index in [2.05, 4.69) is 66.2 Å². The molecule has 3 heterocycles. The number of aliphatic hydroxyl groups is 1. The minimum Gasteiger partial charge on any atom is -0.382 e. The van der Waals surface area contributed by atoms with Crippen LogP contribution in [0.2, 0.25) is 0 Å². The zero-order valence-corrected chi connectivity index (χ0v) is 18.3. The largest absolute Gasteiger partial charge is 0.382 e. The summed E-state index contributed by atoms with van der Waals surface area (Å²) in [6, 6.07) is 26.1. The summed E-state index contributed by atoms with van der Waals surface area (Å²) in [6.07, 6.45) is 5.74. The van der Waals surface area contributed by atoms with Gasteiger partial charge in [-0.1, -0.05) is 61.2 Å². The molecule has 4 unspecified atom stereocenters. The lowest BCUT2D eigenvalue weighted by Gasteiger charge is -2.44. The topological polar surface area (TPSA) is 33.1 Å². The van der Waals surface area contributed by atoms with E-state index >= 15 is 0 Å². The maximum absolute atomic E-state index is 11.8. The lowest BCUT2D eigenvalue weighted by molar-refractivity contribution is -0.964. The predicted molar refractivity (Wildman–Crippen MR) is 130 cm³/mol. The minimum atomic E-state index is -0.517. The van der Waals surface area contributed by atoms with Crippen LogP contribution in [0.4, 0.5) is 0 Å². The Hall–Kier alpha value is -3.01. The van der Waals surface area contributed by atoms with Crippen molar-refractivity contribution in [1.82, 2.24) is 4.98 Å². The molecule has 5 atom stereocenters. The molecule has 0 saturated carbocycles. The molecular weight excluding hydrogens is 392 g/mol. The number of piperidine rings is 1. The number of hydrogen-bond acceptors (Lipinski definition) is 2. The van der Waals surface area contributed by atoms with Gasteiger partial charge in [0.15, 0.2) is 0 Å². The monoisotopic (exact) mass is 421 g/mol. The minimum absolute atomic E-state index is 0.161. The van der Waals surface area contributed by atoms with Gasteiger partial charge in [-0.05, 0) is 40.6 Å². The van der Waals surface area contributed by atoms with Crippen LogP contribution in [-0.2, 0) is 6.54 Å². The third-order valence-electron chi connectivity index (χ3n) is 8.10. The zero-order valence-electron chi connectivity index (χ0n) is 18.3. The molecule has 0 aliphatic carbocycles.